The van der Waals surface area contributed by atoms with Crippen molar-refractivity contribution in [1.29, 1.82) is 0 Å². The fourth-order valence-electron chi connectivity index (χ4n) is 3.84. The minimum absolute atomic E-state index is 0.0319. The van der Waals surface area contributed by atoms with E-state index in [1.807, 2.05) is 0 Å². The Labute approximate surface area is 187 Å². The number of aryl methyl sites for hydroxylation is 1. The van der Waals surface area contributed by atoms with Crippen molar-refractivity contribution in [2.75, 3.05) is 0 Å². The number of pyridine rings is 2. The van der Waals surface area contributed by atoms with Crippen molar-refractivity contribution in [2.24, 2.45) is 0 Å². The molecule has 0 amide bonds. The van der Waals surface area contributed by atoms with Gasteiger partial charge in [-0.1, -0.05) is 11.6 Å². The number of aromatic nitrogens is 5. The van der Waals surface area contributed by atoms with Crippen LogP contribution in [0.1, 0.15) is 18.5 Å². The lowest BCUT2D eigenvalue weighted by Crippen LogP contribution is -2.30. The molecule has 0 radical (unpaired) electrons. The highest BCUT2D eigenvalue weighted by Gasteiger charge is 2.31. The van der Waals surface area contributed by atoms with E-state index in [0.29, 0.717) is 21.2 Å². The molecule has 0 spiro atoms. The first-order valence-electron chi connectivity index (χ1n) is 9.73. The lowest BCUT2D eigenvalue weighted by Gasteiger charge is -2.12. The average Bonchev–Trinajstić information content (AvgIpc) is 3.16. The molecule has 33 heavy (non-hydrogen) atoms. The molecule has 4 rings (SSSR count). The molecule has 176 valence electrons. The zero-order valence-corrected chi connectivity index (χ0v) is 17.5. The van der Waals surface area contributed by atoms with Gasteiger partial charge in [-0.2, -0.15) is 26.3 Å². The van der Waals surface area contributed by atoms with Gasteiger partial charge in [0.25, 0.3) is 0 Å². The van der Waals surface area contributed by atoms with Gasteiger partial charge in [-0.25, -0.2) is 9.78 Å². The van der Waals surface area contributed by atoms with Gasteiger partial charge in [0, 0.05) is 30.2 Å². The Kier molecular flexibility index (Phi) is 5.89. The third-order valence-corrected chi connectivity index (χ3v) is 5.37. The maximum atomic E-state index is 13.1. The molecule has 0 saturated heterocycles. The summed E-state index contributed by atoms with van der Waals surface area (Å²) in [6.07, 6.45) is -6.23. The first-order chi connectivity index (χ1) is 15.4. The molecule has 0 aliphatic carbocycles. The van der Waals surface area contributed by atoms with Gasteiger partial charge < -0.3 is 4.57 Å². The van der Waals surface area contributed by atoms with Crippen LogP contribution >= 0.6 is 11.6 Å². The average molecular weight is 492 g/mol. The van der Waals surface area contributed by atoms with E-state index in [0.717, 1.165) is 4.57 Å². The number of rotatable bonds is 6. The van der Waals surface area contributed by atoms with Crippen LogP contribution in [-0.4, -0.2) is 36.0 Å². The topological polar surface area (TPSA) is 57.6 Å². The van der Waals surface area contributed by atoms with Crippen molar-refractivity contribution in [3.8, 4) is 0 Å². The van der Waals surface area contributed by atoms with Crippen LogP contribution < -0.4 is 5.69 Å². The molecule has 0 aliphatic heterocycles. The summed E-state index contributed by atoms with van der Waals surface area (Å²) in [6.45, 7) is -1.69. The summed E-state index contributed by atoms with van der Waals surface area (Å²) in [4.78, 5) is 20.8. The number of fused-ring (bicyclic) bond motifs is 2. The van der Waals surface area contributed by atoms with Gasteiger partial charge in [0.1, 0.15) is 11.7 Å². The molecule has 4 aromatic rings. The summed E-state index contributed by atoms with van der Waals surface area (Å²) >= 11 is 5.93. The Morgan fingerprint density at radius 1 is 0.909 bits per heavy atom. The molecular formula is C20H16ClF6N5O. The standard InChI is InChI=1S/C20H16ClF6N5O/c21-17-7-12-6-13(30(15(12)9-29-17)5-1-3-19(22,23)24)10-31-16-8-28-4-2-14(16)32(18(31)33)11-20(25,26)27/h2,4,6-9H,1,3,5,10-11H2. The van der Waals surface area contributed by atoms with Crippen LogP contribution in [0.5, 0.6) is 0 Å². The van der Waals surface area contributed by atoms with Gasteiger partial charge in [-0.3, -0.25) is 14.1 Å². The van der Waals surface area contributed by atoms with E-state index >= 15 is 0 Å². The van der Waals surface area contributed by atoms with Crippen LogP contribution in [0.2, 0.25) is 5.15 Å². The molecular weight excluding hydrogens is 476 g/mol. The number of hydrogen-bond acceptors (Lipinski definition) is 3. The minimum atomic E-state index is -4.62. The number of alkyl halides is 6. The van der Waals surface area contributed by atoms with E-state index in [9.17, 15) is 31.1 Å². The van der Waals surface area contributed by atoms with E-state index in [-0.39, 0.29) is 35.7 Å². The lowest BCUT2D eigenvalue weighted by atomic mass is 10.3. The van der Waals surface area contributed by atoms with Crippen molar-refractivity contribution in [2.45, 2.75) is 44.8 Å². The van der Waals surface area contributed by atoms with Crippen molar-refractivity contribution in [3.63, 3.8) is 0 Å². The predicted molar refractivity (Wildman–Crippen MR) is 109 cm³/mol. The molecule has 0 aromatic carbocycles. The van der Waals surface area contributed by atoms with Crippen molar-refractivity contribution >= 4 is 33.5 Å². The highest BCUT2D eigenvalue weighted by atomic mass is 35.5. The molecule has 4 heterocycles. The SMILES string of the molecule is O=c1n(Cc2cc3cc(Cl)ncc3n2CCCC(F)(F)F)c2cnccc2n1CC(F)(F)F. The second-order valence-corrected chi connectivity index (χ2v) is 7.89. The van der Waals surface area contributed by atoms with Gasteiger partial charge >= 0.3 is 18.0 Å². The third-order valence-electron chi connectivity index (χ3n) is 5.16. The summed E-state index contributed by atoms with van der Waals surface area (Å²) in [7, 11) is 0. The molecule has 0 saturated carbocycles. The van der Waals surface area contributed by atoms with Gasteiger partial charge in [-0.05, 0) is 24.6 Å². The summed E-state index contributed by atoms with van der Waals surface area (Å²) < 4.78 is 80.5. The molecule has 0 atom stereocenters. The number of nitrogens with zero attached hydrogens (tertiary/aromatic N) is 5. The Morgan fingerprint density at radius 3 is 2.36 bits per heavy atom. The van der Waals surface area contributed by atoms with Crippen molar-refractivity contribution < 1.29 is 26.3 Å². The Morgan fingerprint density at radius 2 is 1.67 bits per heavy atom. The number of halogens is 7. The van der Waals surface area contributed by atoms with E-state index in [1.165, 1.54) is 30.7 Å². The largest absolute Gasteiger partial charge is 0.406 e. The molecule has 0 bridgehead atoms. The monoisotopic (exact) mass is 491 g/mol. The molecule has 0 aliphatic rings. The van der Waals surface area contributed by atoms with E-state index < -0.39 is 31.0 Å². The summed E-state index contributed by atoms with van der Waals surface area (Å²) in [6, 6.07) is 4.46. The van der Waals surface area contributed by atoms with E-state index in [2.05, 4.69) is 9.97 Å². The summed E-state index contributed by atoms with van der Waals surface area (Å²) in [5.74, 6) is 0. The molecule has 0 unspecified atom stereocenters. The van der Waals surface area contributed by atoms with Crippen molar-refractivity contribution in [1.82, 2.24) is 23.7 Å². The van der Waals surface area contributed by atoms with Crippen LogP contribution in [0, 0.1) is 0 Å². The third kappa shape index (κ3) is 5.00. The quantitative estimate of drug-likeness (QED) is 0.277. The molecule has 6 nitrogen and oxygen atoms in total. The van der Waals surface area contributed by atoms with Crippen LogP contribution in [0.4, 0.5) is 26.3 Å². The zero-order valence-electron chi connectivity index (χ0n) is 16.8. The first-order valence-corrected chi connectivity index (χ1v) is 10.1. The minimum Gasteiger partial charge on any atom is -0.342 e. The van der Waals surface area contributed by atoms with Crippen molar-refractivity contribution in [3.05, 3.63) is 58.1 Å². The fourth-order valence-corrected chi connectivity index (χ4v) is 4.00. The van der Waals surface area contributed by atoms with Crippen LogP contribution in [0.25, 0.3) is 21.9 Å². The predicted octanol–water partition coefficient (Wildman–Crippen LogP) is 5.15. The smallest absolute Gasteiger partial charge is 0.342 e. The highest BCUT2D eigenvalue weighted by Crippen LogP contribution is 2.27. The van der Waals surface area contributed by atoms with Gasteiger partial charge in [-0.15, -0.1) is 0 Å². The summed E-state index contributed by atoms with van der Waals surface area (Å²) in [5, 5.41) is 0.756. The first kappa shape index (κ1) is 23.1. The van der Waals surface area contributed by atoms with Crippen LogP contribution in [0.15, 0.2) is 41.6 Å². The molecule has 0 N–H and O–H groups in total. The molecule has 0 fully saturated rings. The lowest BCUT2D eigenvalue weighted by molar-refractivity contribution is -0.140. The van der Waals surface area contributed by atoms with Crippen LogP contribution in [-0.2, 0) is 19.6 Å². The van der Waals surface area contributed by atoms with Gasteiger partial charge in [0.2, 0.25) is 0 Å². The zero-order chi connectivity index (χ0) is 24.0. The Bertz CT molecular complexity index is 1370. The van der Waals surface area contributed by atoms with Gasteiger partial charge in [0.15, 0.2) is 0 Å². The van der Waals surface area contributed by atoms with E-state index in [1.54, 1.807) is 10.6 Å². The Balaban J connectivity index is 1.80. The van der Waals surface area contributed by atoms with Crippen LogP contribution in [0.3, 0.4) is 0 Å². The normalized spacial score (nSPS) is 12.8. The van der Waals surface area contributed by atoms with Gasteiger partial charge in [0.05, 0.1) is 35.5 Å². The molecule has 13 heteroatoms. The maximum absolute atomic E-state index is 13.1. The second-order valence-electron chi connectivity index (χ2n) is 7.51. The highest BCUT2D eigenvalue weighted by molar-refractivity contribution is 6.30. The number of hydrogen-bond donors (Lipinski definition) is 0. The number of imidazole rings is 1. The summed E-state index contributed by atoms with van der Waals surface area (Å²) in [5.41, 5.74) is 0.250. The second kappa shape index (κ2) is 8.40. The Hall–Kier alpha value is -3.02. The maximum Gasteiger partial charge on any atom is 0.406 e. The fraction of sp³-hybridized carbons (Fsp3) is 0.350. The molecule has 4 aromatic heterocycles. The van der Waals surface area contributed by atoms with E-state index in [4.69, 9.17) is 11.6 Å².